The normalized spacial score (nSPS) is 11.2. The Labute approximate surface area is 133 Å². The SMILES string of the molecule is CCN(CC)CCN(CC(C)C)C(=O)c1cccc(Cl)n1. The number of halogens is 1. The molecule has 0 aliphatic rings. The van der Waals surface area contributed by atoms with Crippen LogP contribution in [0.15, 0.2) is 18.2 Å². The third-order valence-electron chi connectivity index (χ3n) is 3.39. The van der Waals surface area contributed by atoms with Gasteiger partial charge in [-0.2, -0.15) is 0 Å². The number of hydrogen-bond donors (Lipinski definition) is 0. The van der Waals surface area contributed by atoms with Crippen molar-refractivity contribution in [2.75, 3.05) is 32.7 Å². The van der Waals surface area contributed by atoms with Crippen LogP contribution in [0.5, 0.6) is 0 Å². The van der Waals surface area contributed by atoms with Gasteiger partial charge in [-0.3, -0.25) is 4.79 Å². The first-order valence-electron chi connectivity index (χ1n) is 7.62. The van der Waals surface area contributed by atoms with Crippen molar-refractivity contribution in [3.8, 4) is 0 Å². The topological polar surface area (TPSA) is 36.4 Å². The second-order valence-corrected chi connectivity index (χ2v) is 5.90. The molecular formula is C16H26ClN3O. The molecule has 1 rings (SSSR count). The van der Waals surface area contributed by atoms with E-state index in [0.717, 1.165) is 26.2 Å². The van der Waals surface area contributed by atoms with Gasteiger partial charge >= 0.3 is 0 Å². The van der Waals surface area contributed by atoms with Crippen LogP contribution >= 0.6 is 11.6 Å². The number of nitrogens with zero attached hydrogens (tertiary/aromatic N) is 3. The molecule has 0 bridgehead atoms. The fourth-order valence-corrected chi connectivity index (χ4v) is 2.37. The van der Waals surface area contributed by atoms with Crippen molar-refractivity contribution >= 4 is 17.5 Å². The van der Waals surface area contributed by atoms with Crippen molar-refractivity contribution in [3.63, 3.8) is 0 Å². The van der Waals surface area contributed by atoms with Crippen molar-refractivity contribution in [3.05, 3.63) is 29.0 Å². The molecule has 0 unspecified atom stereocenters. The van der Waals surface area contributed by atoms with Crippen LogP contribution in [0.4, 0.5) is 0 Å². The highest BCUT2D eigenvalue weighted by atomic mass is 35.5. The minimum Gasteiger partial charge on any atom is -0.336 e. The molecule has 0 saturated heterocycles. The maximum absolute atomic E-state index is 12.6. The first-order chi connectivity index (χ1) is 9.97. The highest BCUT2D eigenvalue weighted by Crippen LogP contribution is 2.10. The average Bonchev–Trinajstić information content (AvgIpc) is 2.46. The van der Waals surface area contributed by atoms with Crippen LogP contribution in [0.25, 0.3) is 0 Å². The number of carbonyl (C=O) groups excluding carboxylic acids is 1. The molecule has 21 heavy (non-hydrogen) atoms. The molecule has 1 aromatic rings. The molecule has 1 aromatic heterocycles. The Bertz CT molecular complexity index is 447. The van der Waals surface area contributed by atoms with E-state index in [9.17, 15) is 4.79 Å². The molecule has 1 heterocycles. The summed E-state index contributed by atoms with van der Waals surface area (Å²) in [5.41, 5.74) is 0.419. The van der Waals surface area contributed by atoms with Crippen molar-refractivity contribution in [1.29, 1.82) is 0 Å². The number of pyridine rings is 1. The van der Waals surface area contributed by atoms with Crippen LogP contribution in [-0.2, 0) is 0 Å². The summed E-state index contributed by atoms with van der Waals surface area (Å²) in [7, 11) is 0. The predicted molar refractivity (Wildman–Crippen MR) is 87.8 cm³/mol. The smallest absolute Gasteiger partial charge is 0.272 e. The lowest BCUT2D eigenvalue weighted by Crippen LogP contribution is -2.40. The van der Waals surface area contributed by atoms with Gasteiger partial charge < -0.3 is 9.80 Å². The fraction of sp³-hybridized carbons (Fsp3) is 0.625. The number of rotatable bonds is 8. The number of hydrogen-bond acceptors (Lipinski definition) is 3. The lowest BCUT2D eigenvalue weighted by atomic mass is 10.2. The summed E-state index contributed by atoms with van der Waals surface area (Å²) in [6.45, 7) is 12.8. The van der Waals surface area contributed by atoms with E-state index in [1.807, 2.05) is 4.90 Å². The van der Waals surface area contributed by atoms with Crippen LogP contribution in [0, 0.1) is 5.92 Å². The zero-order valence-corrected chi connectivity index (χ0v) is 14.2. The number of aromatic nitrogens is 1. The molecular weight excluding hydrogens is 286 g/mol. The van der Waals surface area contributed by atoms with Gasteiger partial charge in [-0.1, -0.05) is 45.4 Å². The van der Waals surface area contributed by atoms with Gasteiger partial charge in [-0.25, -0.2) is 4.98 Å². The van der Waals surface area contributed by atoms with Gasteiger partial charge in [0, 0.05) is 19.6 Å². The quantitative estimate of drug-likeness (QED) is 0.692. The number of amides is 1. The van der Waals surface area contributed by atoms with E-state index in [1.54, 1.807) is 18.2 Å². The second-order valence-electron chi connectivity index (χ2n) is 5.52. The summed E-state index contributed by atoms with van der Waals surface area (Å²) in [6, 6.07) is 5.17. The first kappa shape index (κ1) is 17.9. The third-order valence-corrected chi connectivity index (χ3v) is 3.60. The molecule has 0 aliphatic carbocycles. The van der Waals surface area contributed by atoms with Crippen molar-refractivity contribution in [2.24, 2.45) is 5.92 Å². The summed E-state index contributed by atoms with van der Waals surface area (Å²) in [6.07, 6.45) is 0. The monoisotopic (exact) mass is 311 g/mol. The Hall–Kier alpha value is -1.13. The van der Waals surface area contributed by atoms with Gasteiger partial charge in [0.2, 0.25) is 0 Å². The van der Waals surface area contributed by atoms with Gasteiger partial charge in [0.15, 0.2) is 0 Å². The first-order valence-corrected chi connectivity index (χ1v) is 7.99. The molecule has 118 valence electrons. The van der Waals surface area contributed by atoms with Gasteiger partial charge in [0.1, 0.15) is 10.8 Å². The van der Waals surface area contributed by atoms with Crippen LogP contribution in [0.3, 0.4) is 0 Å². The minimum atomic E-state index is -0.0432. The van der Waals surface area contributed by atoms with Crippen molar-refractivity contribution < 1.29 is 4.79 Å². The van der Waals surface area contributed by atoms with E-state index in [2.05, 4.69) is 37.6 Å². The highest BCUT2D eigenvalue weighted by Gasteiger charge is 2.18. The summed E-state index contributed by atoms with van der Waals surface area (Å²) in [5.74, 6) is 0.378. The van der Waals surface area contributed by atoms with Gasteiger partial charge in [-0.05, 0) is 31.1 Å². The van der Waals surface area contributed by atoms with Crippen LogP contribution in [0.2, 0.25) is 5.15 Å². The lowest BCUT2D eigenvalue weighted by Gasteiger charge is -2.27. The predicted octanol–water partition coefficient (Wildman–Crippen LogP) is 3.18. The Morgan fingerprint density at radius 2 is 1.90 bits per heavy atom. The molecule has 0 aromatic carbocycles. The van der Waals surface area contributed by atoms with E-state index in [-0.39, 0.29) is 5.91 Å². The lowest BCUT2D eigenvalue weighted by molar-refractivity contribution is 0.0710. The van der Waals surface area contributed by atoms with Gasteiger partial charge in [0.05, 0.1) is 0 Å². The molecule has 0 fully saturated rings. The Balaban J connectivity index is 2.78. The second kappa shape index (κ2) is 9.00. The molecule has 0 spiro atoms. The van der Waals surface area contributed by atoms with Gasteiger partial charge in [-0.15, -0.1) is 0 Å². The summed E-state index contributed by atoms with van der Waals surface area (Å²) in [5, 5.41) is 0.356. The Morgan fingerprint density at radius 3 is 2.43 bits per heavy atom. The van der Waals surface area contributed by atoms with Crippen LogP contribution in [-0.4, -0.2) is 53.4 Å². The molecule has 0 atom stereocenters. The molecule has 0 saturated carbocycles. The van der Waals surface area contributed by atoms with E-state index in [0.29, 0.717) is 23.3 Å². The molecule has 4 nitrogen and oxygen atoms in total. The molecule has 0 radical (unpaired) electrons. The van der Waals surface area contributed by atoms with Crippen molar-refractivity contribution in [2.45, 2.75) is 27.7 Å². The van der Waals surface area contributed by atoms with E-state index in [4.69, 9.17) is 11.6 Å². The number of carbonyl (C=O) groups is 1. The van der Waals surface area contributed by atoms with E-state index in [1.165, 1.54) is 0 Å². The Morgan fingerprint density at radius 1 is 1.24 bits per heavy atom. The molecule has 5 heteroatoms. The van der Waals surface area contributed by atoms with E-state index < -0.39 is 0 Å². The highest BCUT2D eigenvalue weighted by molar-refractivity contribution is 6.29. The minimum absolute atomic E-state index is 0.0432. The zero-order valence-electron chi connectivity index (χ0n) is 13.5. The maximum Gasteiger partial charge on any atom is 0.272 e. The summed E-state index contributed by atoms with van der Waals surface area (Å²) < 4.78 is 0. The standard InChI is InChI=1S/C16H26ClN3O/c1-5-19(6-2)10-11-20(12-13(3)4)16(21)14-8-7-9-15(17)18-14/h7-9,13H,5-6,10-12H2,1-4H3. The third kappa shape index (κ3) is 6.02. The fourth-order valence-electron chi connectivity index (χ4n) is 2.21. The van der Waals surface area contributed by atoms with E-state index >= 15 is 0 Å². The van der Waals surface area contributed by atoms with Crippen molar-refractivity contribution in [1.82, 2.24) is 14.8 Å². The molecule has 1 amide bonds. The van der Waals surface area contributed by atoms with Gasteiger partial charge in [0.25, 0.3) is 5.91 Å². The molecule has 0 N–H and O–H groups in total. The molecule has 0 aliphatic heterocycles. The summed E-state index contributed by atoms with van der Waals surface area (Å²) >= 11 is 5.88. The average molecular weight is 312 g/mol. The number of likely N-dealkylation sites (N-methyl/N-ethyl adjacent to an activating group) is 1. The summed E-state index contributed by atoms with van der Waals surface area (Å²) in [4.78, 5) is 20.9. The maximum atomic E-state index is 12.6. The van der Waals surface area contributed by atoms with Crippen LogP contribution in [0.1, 0.15) is 38.2 Å². The zero-order chi connectivity index (χ0) is 15.8. The van der Waals surface area contributed by atoms with Crippen LogP contribution < -0.4 is 0 Å². The largest absolute Gasteiger partial charge is 0.336 e. The Kier molecular flexibility index (Phi) is 7.68.